The van der Waals surface area contributed by atoms with Crippen molar-refractivity contribution >= 4 is 36.7 Å². The maximum Gasteiger partial charge on any atom is 0.325 e. The van der Waals surface area contributed by atoms with Crippen LogP contribution in [0.1, 0.15) is 37.3 Å². The number of hydrogen-bond donors (Lipinski definition) is 0. The Morgan fingerprint density at radius 2 is 1.85 bits per heavy atom. The minimum absolute atomic E-state index is 0. The monoisotopic (exact) mass is 409 g/mol. The molecule has 0 radical (unpaired) electrons. The smallest absolute Gasteiger partial charge is 0.324 e. The van der Waals surface area contributed by atoms with Crippen molar-refractivity contribution in [1.82, 2.24) is 14.5 Å². The van der Waals surface area contributed by atoms with E-state index in [-0.39, 0.29) is 30.8 Å². The van der Waals surface area contributed by atoms with Crippen LogP contribution in [0.5, 0.6) is 0 Å². The number of likely N-dealkylation sites (tertiary alicyclic amines) is 1. The highest BCUT2D eigenvalue weighted by Gasteiger charge is 2.24. The number of aromatic nitrogens is 2. The summed E-state index contributed by atoms with van der Waals surface area (Å²) in [7, 11) is 0. The maximum absolute atomic E-state index is 12.9. The van der Waals surface area contributed by atoms with E-state index < -0.39 is 0 Å². The third-order valence-electron chi connectivity index (χ3n) is 4.58. The molecule has 6 nitrogen and oxygen atoms in total. The van der Waals surface area contributed by atoms with Crippen molar-refractivity contribution in [2.75, 3.05) is 24.5 Å². The van der Waals surface area contributed by atoms with Gasteiger partial charge in [0.25, 0.3) is 0 Å². The molecule has 2 amide bonds. The molecule has 0 atom stereocenters. The van der Waals surface area contributed by atoms with E-state index in [1.54, 1.807) is 17.4 Å². The van der Waals surface area contributed by atoms with Crippen LogP contribution in [-0.4, -0.2) is 40.1 Å². The average Bonchev–Trinajstić information content (AvgIpc) is 3.11. The van der Waals surface area contributed by atoms with Crippen LogP contribution in [0.25, 0.3) is 0 Å². The van der Waals surface area contributed by atoms with Crippen LogP contribution >= 0.6 is 24.8 Å². The second-order valence-corrected chi connectivity index (χ2v) is 6.26. The number of carbonyl (C=O) groups excluding carboxylic acids is 1. The molecule has 146 valence electrons. The lowest BCUT2D eigenvalue weighted by atomic mass is 10.1. The van der Waals surface area contributed by atoms with E-state index >= 15 is 0 Å². The van der Waals surface area contributed by atoms with Crippen molar-refractivity contribution in [3.8, 4) is 6.07 Å². The molecule has 8 heteroatoms. The lowest BCUT2D eigenvalue weighted by molar-refractivity contribution is 0.193. The number of imidazole rings is 1. The molecule has 0 unspecified atom stereocenters. The summed E-state index contributed by atoms with van der Waals surface area (Å²) in [6, 6.07) is 9.67. The highest BCUT2D eigenvalue weighted by Crippen LogP contribution is 2.20. The normalized spacial score (nSPS) is 13.1. The largest absolute Gasteiger partial charge is 0.325 e. The summed E-state index contributed by atoms with van der Waals surface area (Å²) in [5.41, 5.74) is 1.71. The van der Waals surface area contributed by atoms with E-state index in [1.807, 2.05) is 40.7 Å². The minimum Gasteiger partial charge on any atom is -0.324 e. The van der Waals surface area contributed by atoms with Crippen molar-refractivity contribution in [1.29, 1.82) is 5.26 Å². The zero-order valence-electron chi connectivity index (χ0n) is 15.4. The Labute approximate surface area is 172 Å². The van der Waals surface area contributed by atoms with E-state index in [4.69, 9.17) is 5.26 Å². The molecule has 0 N–H and O–H groups in total. The number of carbonyl (C=O) groups is 1. The summed E-state index contributed by atoms with van der Waals surface area (Å²) in [6.45, 7) is 4.87. The lowest BCUT2D eigenvalue weighted by Crippen LogP contribution is -2.46. The molecule has 0 bridgehead atoms. The Balaban J connectivity index is 0.00000182. The number of halogens is 2. The van der Waals surface area contributed by atoms with Gasteiger partial charge in [0.2, 0.25) is 0 Å². The van der Waals surface area contributed by atoms with E-state index in [1.165, 1.54) is 6.42 Å². The number of nitriles is 1. The fourth-order valence-electron chi connectivity index (χ4n) is 3.19. The maximum atomic E-state index is 12.9. The van der Waals surface area contributed by atoms with Crippen molar-refractivity contribution in [2.24, 2.45) is 0 Å². The highest BCUT2D eigenvalue weighted by molar-refractivity contribution is 5.91. The first kappa shape index (κ1) is 22.8. The van der Waals surface area contributed by atoms with Gasteiger partial charge < -0.3 is 9.47 Å². The summed E-state index contributed by atoms with van der Waals surface area (Å²) < 4.78 is 1.98. The molecule has 1 saturated heterocycles. The first-order valence-electron chi connectivity index (χ1n) is 8.78. The van der Waals surface area contributed by atoms with Crippen LogP contribution < -0.4 is 4.90 Å². The van der Waals surface area contributed by atoms with Gasteiger partial charge in [-0.15, -0.1) is 24.8 Å². The first-order valence-corrected chi connectivity index (χ1v) is 8.78. The fraction of sp³-hybridized carbons (Fsp3) is 0.421. The van der Waals surface area contributed by atoms with Gasteiger partial charge >= 0.3 is 6.03 Å². The number of rotatable bonds is 4. The molecule has 0 saturated carbocycles. The molecule has 1 aromatic carbocycles. The van der Waals surface area contributed by atoms with E-state index in [9.17, 15) is 4.79 Å². The molecule has 2 heterocycles. The molecule has 3 rings (SSSR count). The molecule has 27 heavy (non-hydrogen) atoms. The number of piperidine rings is 1. The van der Waals surface area contributed by atoms with Gasteiger partial charge in [-0.1, -0.05) is 12.1 Å². The predicted molar refractivity (Wildman–Crippen MR) is 111 cm³/mol. The van der Waals surface area contributed by atoms with Gasteiger partial charge in [-0.25, -0.2) is 9.78 Å². The Morgan fingerprint density at radius 1 is 1.19 bits per heavy atom. The number of urea groups is 1. The number of hydrogen-bond acceptors (Lipinski definition) is 3. The van der Waals surface area contributed by atoms with Crippen LogP contribution in [0, 0.1) is 11.3 Å². The SMILES string of the molecule is CCN(C(=O)N1CCCCC1)c1cncn1Cc1ccc(C#N)cc1.Cl.Cl. The van der Waals surface area contributed by atoms with Gasteiger partial charge in [0.05, 0.1) is 30.7 Å². The summed E-state index contributed by atoms with van der Waals surface area (Å²) >= 11 is 0. The fourth-order valence-corrected chi connectivity index (χ4v) is 3.19. The van der Waals surface area contributed by atoms with Crippen LogP contribution in [0.15, 0.2) is 36.8 Å². The second-order valence-electron chi connectivity index (χ2n) is 6.26. The Kier molecular flexibility index (Phi) is 9.13. The van der Waals surface area contributed by atoms with Crippen LogP contribution in [0.3, 0.4) is 0 Å². The van der Waals surface area contributed by atoms with Crippen molar-refractivity contribution < 1.29 is 4.79 Å². The van der Waals surface area contributed by atoms with E-state index in [2.05, 4.69) is 11.1 Å². The van der Waals surface area contributed by atoms with Crippen molar-refractivity contribution in [3.63, 3.8) is 0 Å². The molecule has 1 aromatic heterocycles. The van der Waals surface area contributed by atoms with E-state index in [0.717, 1.165) is 37.3 Å². The zero-order chi connectivity index (χ0) is 17.6. The standard InChI is InChI=1S/C19H23N5O.2ClH/c1-2-24(19(25)22-10-4-3-5-11-22)18-13-21-15-23(18)14-17-8-6-16(12-20)7-9-17;;/h6-9,13,15H,2-5,10-11,14H2,1H3;2*1H. The third kappa shape index (κ3) is 5.38. The Hall–Kier alpha value is -2.23. The second kappa shape index (κ2) is 10.8. The molecular weight excluding hydrogens is 385 g/mol. The van der Waals surface area contributed by atoms with Gasteiger partial charge in [-0.3, -0.25) is 4.90 Å². The summed E-state index contributed by atoms with van der Waals surface area (Å²) in [5, 5.41) is 8.90. The van der Waals surface area contributed by atoms with Gasteiger partial charge in [0, 0.05) is 19.6 Å². The average molecular weight is 410 g/mol. The van der Waals surface area contributed by atoms with Gasteiger partial charge in [-0.05, 0) is 43.9 Å². The van der Waals surface area contributed by atoms with E-state index in [0.29, 0.717) is 18.7 Å². The number of anilines is 1. The molecule has 1 aliphatic heterocycles. The van der Waals surface area contributed by atoms with Crippen LogP contribution in [0.4, 0.5) is 10.6 Å². The van der Waals surface area contributed by atoms with Crippen molar-refractivity contribution in [3.05, 3.63) is 47.9 Å². The van der Waals surface area contributed by atoms with Gasteiger partial charge in [-0.2, -0.15) is 5.26 Å². The Morgan fingerprint density at radius 3 is 2.44 bits per heavy atom. The van der Waals surface area contributed by atoms with Gasteiger partial charge in [0.1, 0.15) is 5.82 Å². The quantitative estimate of drug-likeness (QED) is 0.763. The number of benzene rings is 1. The molecular formula is C19H25Cl2N5O. The van der Waals surface area contributed by atoms with Crippen molar-refractivity contribution in [2.45, 2.75) is 32.7 Å². The molecule has 0 spiro atoms. The number of amides is 2. The van der Waals surface area contributed by atoms with Crippen LogP contribution in [-0.2, 0) is 6.54 Å². The summed E-state index contributed by atoms with van der Waals surface area (Å²) in [6.07, 6.45) is 6.85. The van der Waals surface area contributed by atoms with Gasteiger partial charge in [0.15, 0.2) is 0 Å². The predicted octanol–water partition coefficient (Wildman–Crippen LogP) is 4.08. The molecule has 1 aliphatic rings. The Bertz CT molecular complexity index is 763. The lowest BCUT2D eigenvalue weighted by Gasteiger charge is -2.32. The topological polar surface area (TPSA) is 65.2 Å². The first-order chi connectivity index (χ1) is 12.2. The molecule has 1 fully saturated rings. The third-order valence-corrected chi connectivity index (χ3v) is 4.58. The molecule has 2 aromatic rings. The van der Waals surface area contributed by atoms with Crippen LogP contribution in [0.2, 0.25) is 0 Å². The minimum atomic E-state index is 0. The summed E-state index contributed by atoms with van der Waals surface area (Å²) in [5.74, 6) is 0.808. The summed E-state index contributed by atoms with van der Waals surface area (Å²) in [4.78, 5) is 20.9. The number of nitrogens with zero attached hydrogens (tertiary/aromatic N) is 5. The molecule has 0 aliphatic carbocycles. The highest BCUT2D eigenvalue weighted by atomic mass is 35.5. The zero-order valence-corrected chi connectivity index (χ0v) is 17.0.